The third-order valence-electron chi connectivity index (χ3n) is 2.54. The highest BCUT2D eigenvalue weighted by Gasteiger charge is 2.21. The maximum atomic E-state index is 11.6. The van der Waals surface area contributed by atoms with E-state index in [1.54, 1.807) is 6.07 Å². The maximum Gasteiger partial charge on any atom is 0.326 e. The summed E-state index contributed by atoms with van der Waals surface area (Å²) in [7, 11) is 1.21. The normalized spacial score (nSPS) is 11.3. The summed E-state index contributed by atoms with van der Waals surface area (Å²) in [6.07, 6.45) is 2.71. The van der Waals surface area contributed by atoms with Crippen molar-refractivity contribution < 1.29 is 24.2 Å². The van der Waals surface area contributed by atoms with Crippen LogP contribution in [0, 0.1) is 0 Å². The van der Waals surface area contributed by atoms with Crippen LogP contribution in [0.1, 0.15) is 18.5 Å². The summed E-state index contributed by atoms with van der Waals surface area (Å²) in [5, 5.41) is 13.7. The van der Waals surface area contributed by atoms with Crippen molar-refractivity contribution in [3.8, 4) is 0 Å². The van der Waals surface area contributed by atoms with E-state index in [4.69, 9.17) is 5.11 Å². The Hall–Kier alpha value is -2.71. The predicted molar refractivity (Wildman–Crippen MR) is 70.1 cm³/mol. The second-order valence-corrected chi connectivity index (χ2v) is 4.03. The van der Waals surface area contributed by atoms with Gasteiger partial charge in [0.1, 0.15) is 12.4 Å². The number of ether oxygens (including phenoxy) is 1. The van der Waals surface area contributed by atoms with Crippen LogP contribution in [0.2, 0.25) is 0 Å². The van der Waals surface area contributed by atoms with Gasteiger partial charge in [0.25, 0.3) is 0 Å². The van der Waals surface area contributed by atoms with Gasteiger partial charge in [-0.2, -0.15) is 0 Å². The van der Waals surface area contributed by atoms with Crippen molar-refractivity contribution >= 4 is 18.0 Å². The number of urea groups is 1. The molecule has 1 atom stereocenters. The van der Waals surface area contributed by atoms with Crippen molar-refractivity contribution in [2.75, 3.05) is 7.11 Å². The van der Waals surface area contributed by atoms with Crippen LogP contribution in [0.5, 0.6) is 0 Å². The number of hydrogen-bond acceptors (Lipinski definition) is 6. The van der Waals surface area contributed by atoms with E-state index in [2.05, 4.69) is 25.3 Å². The molecule has 0 aliphatic rings. The Morgan fingerprint density at radius 3 is 2.76 bits per heavy atom. The van der Waals surface area contributed by atoms with Gasteiger partial charge in [-0.1, -0.05) is 0 Å². The summed E-state index contributed by atoms with van der Waals surface area (Å²) >= 11 is 0. The highest BCUT2D eigenvalue weighted by molar-refractivity contribution is 5.83. The molecule has 0 aliphatic heterocycles. The molecule has 0 unspecified atom stereocenters. The predicted octanol–water partition coefficient (Wildman–Crippen LogP) is -0.318. The van der Waals surface area contributed by atoms with E-state index >= 15 is 0 Å². The van der Waals surface area contributed by atoms with Crippen molar-refractivity contribution in [1.29, 1.82) is 0 Å². The molecule has 2 amide bonds. The van der Waals surface area contributed by atoms with Gasteiger partial charge in [-0.15, -0.1) is 0 Å². The second-order valence-electron chi connectivity index (χ2n) is 4.03. The highest BCUT2D eigenvalue weighted by atomic mass is 16.5. The number of carboxylic acids is 1. The van der Waals surface area contributed by atoms with Gasteiger partial charge in [-0.05, 0) is 12.5 Å². The number of carbonyl (C=O) groups is 3. The fourth-order valence-corrected chi connectivity index (χ4v) is 1.42. The van der Waals surface area contributed by atoms with Crippen LogP contribution in [-0.2, 0) is 20.9 Å². The van der Waals surface area contributed by atoms with Gasteiger partial charge in [0.15, 0.2) is 0 Å². The lowest BCUT2D eigenvalue weighted by Gasteiger charge is -2.14. The Labute approximate surface area is 120 Å². The van der Waals surface area contributed by atoms with E-state index in [9.17, 15) is 14.4 Å². The molecule has 21 heavy (non-hydrogen) atoms. The quantitative estimate of drug-likeness (QED) is 0.588. The average Bonchev–Trinajstić information content (AvgIpc) is 2.49. The van der Waals surface area contributed by atoms with Crippen molar-refractivity contribution in [1.82, 2.24) is 20.6 Å². The van der Waals surface area contributed by atoms with Crippen molar-refractivity contribution in [3.05, 3.63) is 24.3 Å². The maximum absolute atomic E-state index is 11.6. The molecule has 1 heterocycles. The molecular formula is C12H16N4O5. The smallest absolute Gasteiger partial charge is 0.326 e. The van der Waals surface area contributed by atoms with E-state index in [1.807, 2.05) is 0 Å². The lowest BCUT2D eigenvalue weighted by molar-refractivity contribution is -0.142. The van der Waals surface area contributed by atoms with Gasteiger partial charge >= 0.3 is 18.0 Å². The molecule has 1 aromatic heterocycles. The molecule has 9 nitrogen and oxygen atoms in total. The lowest BCUT2D eigenvalue weighted by atomic mass is 10.1. The van der Waals surface area contributed by atoms with Crippen LogP contribution < -0.4 is 10.6 Å². The van der Waals surface area contributed by atoms with Crippen LogP contribution in [0.4, 0.5) is 4.79 Å². The summed E-state index contributed by atoms with van der Waals surface area (Å²) in [5.41, 5.74) is 0.585. The minimum Gasteiger partial charge on any atom is -0.480 e. The van der Waals surface area contributed by atoms with Gasteiger partial charge < -0.3 is 20.5 Å². The van der Waals surface area contributed by atoms with Gasteiger partial charge in [-0.3, -0.25) is 4.79 Å². The Balaban J connectivity index is 2.41. The first-order valence-electron chi connectivity index (χ1n) is 6.11. The fourth-order valence-electron chi connectivity index (χ4n) is 1.42. The second kappa shape index (κ2) is 8.46. The SMILES string of the molecule is COC(=O)CC[C@@H](NC(=O)NCc1ccncn1)C(=O)O. The Morgan fingerprint density at radius 2 is 2.19 bits per heavy atom. The number of carboxylic acid groups (broad SMARTS) is 1. The number of nitrogens with one attached hydrogen (secondary N) is 2. The van der Waals surface area contributed by atoms with Crippen LogP contribution in [0.25, 0.3) is 0 Å². The third-order valence-corrected chi connectivity index (χ3v) is 2.54. The van der Waals surface area contributed by atoms with Crippen molar-refractivity contribution in [3.63, 3.8) is 0 Å². The van der Waals surface area contributed by atoms with Gasteiger partial charge in [-0.25, -0.2) is 19.6 Å². The van der Waals surface area contributed by atoms with Crippen LogP contribution in [0.3, 0.4) is 0 Å². The zero-order valence-corrected chi connectivity index (χ0v) is 11.4. The topological polar surface area (TPSA) is 131 Å². The standard InChI is InChI=1S/C12H16N4O5/c1-21-10(17)3-2-9(11(18)19)16-12(20)14-6-8-4-5-13-7-15-8/h4-5,7,9H,2-3,6H2,1H3,(H,18,19)(H2,14,16,20)/t9-/m1/s1. The number of aromatic nitrogens is 2. The lowest BCUT2D eigenvalue weighted by Crippen LogP contribution is -2.46. The molecule has 0 aromatic carbocycles. The van der Waals surface area contributed by atoms with Crippen LogP contribution in [0.15, 0.2) is 18.6 Å². The van der Waals surface area contributed by atoms with Crippen LogP contribution in [-0.4, -0.2) is 46.2 Å². The molecule has 0 bridgehead atoms. The van der Waals surface area contributed by atoms with E-state index in [-0.39, 0.29) is 19.4 Å². The fraction of sp³-hybridized carbons (Fsp3) is 0.417. The molecular weight excluding hydrogens is 280 g/mol. The van der Waals surface area contributed by atoms with Gasteiger partial charge in [0, 0.05) is 12.6 Å². The number of amides is 2. The molecule has 0 saturated heterocycles. The summed E-state index contributed by atoms with van der Waals surface area (Å²) in [6, 6.07) is -0.216. The zero-order chi connectivity index (χ0) is 15.7. The number of hydrogen-bond donors (Lipinski definition) is 3. The molecule has 0 fully saturated rings. The first kappa shape index (κ1) is 16.3. The van der Waals surface area contributed by atoms with E-state index in [0.717, 1.165) is 0 Å². The first-order valence-corrected chi connectivity index (χ1v) is 6.11. The van der Waals surface area contributed by atoms with Gasteiger partial charge in [0.05, 0.1) is 19.3 Å². The van der Waals surface area contributed by atoms with E-state index in [0.29, 0.717) is 5.69 Å². The minimum atomic E-state index is -1.23. The molecule has 0 saturated carbocycles. The van der Waals surface area contributed by atoms with Crippen molar-refractivity contribution in [2.45, 2.75) is 25.4 Å². The average molecular weight is 296 g/mol. The third kappa shape index (κ3) is 6.32. The first-order chi connectivity index (χ1) is 10.0. The molecule has 9 heteroatoms. The Kier molecular flexibility index (Phi) is 6.58. The highest BCUT2D eigenvalue weighted by Crippen LogP contribution is 2.00. The molecule has 1 aromatic rings. The Bertz CT molecular complexity index is 494. The number of methoxy groups -OCH3 is 1. The van der Waals surface area contributed by atoms with Crippen molar-refractivity contribution in [2.24, 2.45) is 0 Å². The number of aliphatic carboxylic acids is 1. The van der Waals surface area contributed by atoms with E-state index < -0.39 is 24.0 Å². The monoisotopic (exact) mass is 296 g/mol. The molecule has 0 radical (unpaired) electrons. The van der Waals surface area contributed by atoms with Crippen LogP contribution >= 0.6 is 0 Å². The van der Waals surface area contributed by atoms with Gasteiger partial charge in [0.2, 0.25) is 0 Å². The summed E-state index contributed by atoms with van der Waals surface area (Å²) in [4.78, 5) is 41.2. The zero-order valence-electron chi connectivity index (χ0n) is 11.4. The molecule has 1 rings (SSSR count). The van der Waals surface area contributed by atoms with E-state index in [1.165, 1.54) is 19.6 Å². The molecule has 0 aliphatic carbocycles. The summed E-state index contributed by atoms with van der Waals surface area (Å²) in [5.74, 6) is -1.76. The molecule has 3 N–H and O–H groups in total. The summed E-state index contributed by atoms with van der Waals surface area (Å²) < 4.78 is 4.42. The minimum absolute atomic E-state index is 0.0526. The molecule has 0 spiro atoms. The number of carbonyl (C=O) groups excluding carboxylic acids is 2. The Morgan fingerprint density at radius 1 is 1.43 bits per heavy atom. The number of rotatable bonds is 7. The number of nitrogens with zero attached hydrogens (tertiary/aromatic N) is 2. The summed E-state index contributed by atoms with van der Waals surface area (Å²) in [6.45, 7) is 0.137. The largest absolute Gasteiger partial charge is 0.480 e. The molecule has 114 valence electrons. The number of esters is 1.